The third-order valence-electron chi connectivity index (χ3n) is 8.03. The highest BCUT2D eigenvalue weighted by Crippen LogP contribution is 2.33. The number of benzene rings is 3. The predicted octanol–water partition coefficient (Wildman–Crippen LogP) is 9.66. The van der Waals surface area contributed by atoms with Gasteiger partial charge in [0.25, 0.3) is 0 Å². The number of carbonyl (C=O) groups excluding carboxylic acids is 2. The molecule has 3 aromatic rings. The van der Waals surface area contributed by atoms with E-state index in [0.717, 1.165) is 41.0 Å². The minimum atomic E-state index is -0.655. The van der Waals surface area contributed by atoms with Crippen LogP contribution < -0.4 is 10.1 Å². The fourth-order valence-electron chi connectivity index (χ4n) is 5.97. The Morgan fingerprint density at radius 3 is 2.26 bits per heavy atom. The Bertz CT molecular complexity index is 1500. The Hall–Kier alpha value is -3.87. The second-order valence-corrected chi connectivity index (χ2v) is 14.5. The molecule has 0 unspecified atom stereocenters. The summed E-state index contributed by atoms with van der Waals surface area (Å²) in [6.07, 6.45) is 6.63. The zero-order valence-corrected chi connectivity index (χ0v) is 28.5. The molecule has 1 atom stereocenters. The zero-order valence-electron chi connectivity index (χ0n) is 28.5. The number of alkyl carbamates (subject to hydrolysis) is 1. The van der Waals surface area contributed by atoms with Crippen molar-refractivity contribution in [3.63, 3.8) is 0 Å². The SMILES string of the molecule is C[C@H](NC(=O)OC(C)(C)C)c1cccc(-c2cc(CCC3CCCC3)cc(COc3ccccc3CC(=O)OC(C)(C)C)c2)c1F. The van der Waals surface area contributed by atoms with Gasteiger partial charge >= 0.3 is 12.1 Å². The third-order valence-corrected chi connectivity index (χ3v) is 8.03. The van der Waals surface area contributed by atoms with Crippen LogP contribution in [0.2, 0.25) is 0 Å². The summed E-state index contributed by atoms with van der Waals surface area (Å²) < 4.78 is 33.4. The van der Waals surface area contributed by atoms with Crippen molar-refractivity contribution in [3.8, 4) is 16.9 Å². The van der Waals surface area contributed by atoms with E-state index in [-0.39, 0.29) is 24.8 Å². The molecule has 1 aliphatic rings. The van der Waals surface area contributed by atoms with Gasteiger partial charge in [-0.25, -0.2) is 9.18 Å². The first kappa shape index (κ1) is 35.0. The number of halogens is 1. The molecule has 0 bridgehead atoms. The largest absolute Gasteiger partial charge is 0.489 e. The number of para-hydroxylation sites is 1. The number of hydrogen-bond acceptors (Lipinski definition) is 5. The summed E-state index contributed by atoms with van der Waals surface area (Å²) in [5, 5.41) is 2.76. The van der Waals surface area contributed by atoms with Gasteiger partial charge < -0.3 is 19.5 Å². The van der Waals surface area contributed by atoms with Gasteiger partial charge in [-0.1, -0.05) is 74.2 Å². The van der Waals surface area contributed by atoms with Gasteiger partial charge in [-0.3, -0.25) is 4.79 Å². The van der Waals surface area contributed by atoms with Crippen LogP contribution in [0.3, 0.4) is 0 Å². The quantitative estimate of drug-likeness (QED) is 0.213. The molecule has 0 radical (unpaired) electrons. The number of carbonyl (C=O) groups is 2. The average Bonchev–Trinajstić information content (AvgIpc) is 3.47. The van der Waals surface area contributed by atoms with Crippen LogP contribution in [0.4, 0.5) is 9.18 Å². The molecule has 1 fully saturated rings. The molecule has 6 nitrogen and oxygen atoms in total. The van der Waals surface area contributed by atoms with Crippen LogP contribution in [0.1, 0.15) is 109 Å². The molecule has 0 spiro atoms. The molecule has 46 heavy (non-hydrogen) atoms. The van der Waals surface area contributed by atoms with E-state index in [2.05, 4.69) is 17.4 Å². The Morgan fingerprint density at radius 2 is 1.57 bits per heavy atom. The molecule has 4 rings (SSSR count). The second-order valence-electron chi connectivity index (χ2n) is 14.5. The van der Waals surface area contributed by atoms with Gasteiger partial charge in [0.2, 0.25) is 0 Å². The Morgan fingerprint density at radius 1 is 0.891 bits per heavy atom. The fourth-order valence-corrected chi connectivity index (χ4v) is 5.97. The molecule has 1 amide bonds. The first-order valence-corrected chi connectivity index (χ1v) is 16.5. The predicted molar refractivity (Wildman–Crippen MR) is 180 cm³/mol. The van der Waals surface area contributed by atoms with Gasteiger partial charge in [0.1, 0.15) is 29.4 Å². The van der Waals surface area contributed by atoms with E-state index in [4.69, 9.17) is 14.2 Å². The summed E-state index contributed by atoms with van der Waals surface area (Å²) in [4.78, 5) is 25.0. The highest BCUT2D eigenvalue weighted by Gasteiger charge is 2.22. The highest BCUT2D eigenvalue weighted by atomic mass is 19.1. The maximum absolute atomic E-state index is 16.2. The van der Waals surface area contributed by atoms with Crippen molar-refractivity contribution in [1.82, 2.24) is 5.32 Å². The standard InChI is InChI=1S/C39H50FNO5/c1-26(41-37(43)46-39(5,6)7)32-16-12-17-33(36(32)40)31-22-28(20-19-27-13-8-9-14-27)21-29(23-31)25-44-34-18-11-10-15-30(34)24-35(42)45-38(2,3)4/h10-12,15-18,21-23,26-27H,8-9,13-14,19-20,24-25H2,1-7H3,(H,41,43)/t26-/m0/s1. The molecule has 3 aromatic carbocycles. The van der Waals surface area contributed by atoms with E-state index in [1.165, 1.54) is 25.7 Å². The first-order valence-electron chi connectivity index (χ1n) is 16.5. The van der Waals surface area contributed by atoms with Gasteiger partial charge in [-0.05, 0) is 96.0 Å². The van der Waals surface area contributed by atoms with Crippen LogP contribution in [-0.4, -0.2) is 23.3 Å². The lowest BCUT2D eigenvalue weighted by atomic mass is 9.93. The lowest BCUT2D eigenvalue weighted by Crippen LogP contribution is -2.34. The van der Waals surface area contributed by atoms with Gasteiger partial charge in [0, 0.05) is 16.7 Å². The maximum Gasteiger partial charge on any atom is 0.408 e. The Kier molecular flexibility index (Phi) is 11.5. The highest BCUT2D eigenvalue weighted by molar-refractivity contribution is 5.74. The number of amides is 1. The summed E-state index contributed by atoms with van der Waals surface area (Å²) >= 11 is 0. The number of esters is 1. The molecule has 1 N–H and O–H groups in total. The molecule has 0 aliphatic heterocycles. The first-order chi connectivity index (χ1) is 21.7. The van der Waals surface area contributed by atoms with Crippen LogP contribution in [0, 0.1) is 11.7 Å². The van der Waals surface area contributed by atoms with E-state index in [9.17, 15) is 9.59 Å². The second kappa shape index (κ2) is 15.1. The van der Waals surface area contributed by atoms with Crippen LogP contribution >= 0.6 is 0 Å². The average molecular weight is 632 g/mol. The van der Waals surface area contributed by atoms with Crippen molar-refractivity contribution in [2.75, 3.05) is 0 Å². The van der Waals surface area contributed by atoms with Crippen LogP contribution in [0.5, 0.6) is 5.75 Å². The van der Waals surface area contributed by atoms with Gasteiger partial charge in [-0.2, -0.15) is 0 Å². The lowest BCUT2D eigenvalue weighted by molar-refractivity contribution is -0.153. The Balaban J connectivity index is 1.59. The maximum atomic E-state index is 16.2. The number of nitrogens with one attached hydrogen (secondary N) is 1. The van der Waals surface area contributed by atoms with Crippen LogP contribution in [-0.2, 0) is 33.7 Å². The van der Waals surface area contributed by atoms with E-state index >= 15 is 4.39 Å². The van der Waals surface area contributed by atoms with Crippen LogP contribution in [0.25, 0.3) is 11.1 Å². The monoisotopic (exact) mass is 631 g/mol. The minimum absolute atomic E-state index is 0.105. The number of ether oxygens (including phenoxy) is 3. The third kappa shape index (κ3) is 10.6. The van der Waals surface area contributed by atoms with Crippen molar-refractivity contribution < 1.29 is 28.2 Å². The summed E-state index contributed by atoms with van der Waals surface area (Å²) in [7, 11) is 0. The number of rotatable bonds is 11. The molecule has 1 saturated carbocycles. The van der Waals surface area contributed by atoms with Gasteiger partial charge in [0.15, 0.2) is 0 Å². The van der Waals surface area contributed by atoms with Gasteiger partial charge in [-0.15, -0.1) is 0 Å². The smallest absolute Gasteiger partial charge is 0.408 e. The zero-order chi connectivity index (χ0) is 33.5. The van der Waals surface area contributed by atoms with Crippen molar-refractivity contribution in [3.05, 3.63) is 88.7 Å². The summed E-state index contributed by atoms with van der Waals surface area (Å²) in [5.74, 6) is 0.642. The molecule has 1 aliphatic carbocycles. The summed E-state index contributed by atoms with van der Waals surface area (Å²) in [5.41, 5.74) is 3.17. The molecule has 7 heteroatoms. The minimum Gasteiger partial charge on any atom is -0.489 e. The molecule has 0 aromatic heterocycles. The van der Waals surface area contributed by atoms with Crippen molar-refractivity contribution in [1.29, 1.82) is 0 Å². The van der Waals surface area contributed by atoms with E-state index in [1.54, 1.807) is 39.8 Å². The topological polar surface area (TPSA) is 73.9 Å². The van der Waals surface area contributed by atoms with Crippen molar-refractivity contribution in [2.45, 2.75) is 117 Å². The number of aryl methyl sites for hydroxylation is 1. The molecule has 0 saturated heterocycles. The van der Waals surface area contributed by atoms with E-state index < -0.39 is 23.3 Å². The van der Waals surface area contributed by atoms with Gasteiger partial charge in [0.05, 0.1) is 12.5 Å². The normalized spacial score (nSPS) is 14.5. The van der Waals surface area contributed by atoms with E-state index in [1.807, 2.05) is 57.2 Å². The molecule has 248 valence electrons. The molecular formula is C39H50FNO5. The van der Waals surface area contributed by atoms with Crippen molar-refractivity contribution >= 4 is 12.1 Å². The van der Waals surface area contributed by atoms with Crippen molar-refractivity contribution in [2.24, 2.45) is 5.92 Å². The summed E-state index contributed by atoms with van der Waals surface area (Å²) in [6.45, 7) is 12.9. The van der Waals surface area contributed by atoms with Crippen LogP contribution in [0.15, 0.2) is 60.7 Å². The Labute approximate surface area is 274 Å². The lowest BCUT2D eigenvalue weighted by Gasteiger charge is -2.22. The molecule has 0 heterocycles. The summed E-state index contributed by atoms with van der Waals surface area (Å²) in [6, 6.07) is 18.3. The van der Waals surface area contributed by atoms with E-state index in [0.29, 0.717) is 16.9 Å². The molecular weight excluding hydrogens is 581 g/mol. The number of hydrogen-bond donors (Lipinski definition) is 1. The fraction of sp³-hybridized carbons (Fsp3) is 0.487.